The molecule has 0 spiro atoms. The number of carbonyl (C=O) groups excluding carboxylic acids is 6. The van der Waals surface area contributed by atoms with Gasteiger partial charge in [-0.05, 0) is 73.9 Å². The third-order valence-corrected chi connectivity index (χ3v) is 10.0. The van der Waals surface area contributed by atoms with E-state index in [9.17, 15) is 28.8 Å². The van der Waals surface area contributed by atoms with Gasteiger partial charge in [0, 0.05) is 72.7 Å². The molecule has 3 aliphatic rings. The molecule has 4 aromatic rings. The zero-order valence-corrected chi connectivity index (χ0v) is 30.7. The summed E-state index contributed by atoms with van der Waals surface area (Å²) in [5, 5.41) is 19.6. The Labute approximate surface area is 327 Å². The van der Waals surface area contributed by atoms with Crippen LogP contribution < -0.4 is 26.2 Å². The lowest BCUT2D eigenvalue weighted by Gasteiger charge is -2.33. The van der Waals surface area contributed by atoms with Crippen molar-refractivity contribution in [3.8, 4) is 29.2 Å². The van der Waals surface area contributed by atoms with E-state index in [-0.39, 0.29) is 48.2 Å². The van der Waals surface area contributed by atoms with Crippen molar-refractivity contribution in [3.05, 3.63) is 101 Å². The highest BCUT2D eigenvalue weighted by Crippen LogP contribution is 2.30. The van der Waals surface area contributed by atoms with Crippen molar-refractivity contribution in [2.45, 2.75) is 38.1 Å². The number of aromatic nitrogens is 2. The van der Waals surface area contributed by atoms with Gasteiger partial charge in [0.1, 0.15) is 12.6 Å². The normalized spacial score (nSPS) is 16.5. The maximum Gasteiger partial charge on any atom is 0.263 e. The van der Waals surface area contributed by atoms with E-state index in [1.54, 1.807) is 48.7 Å². The second-order valence-corrected chi connectivity index (χ2v) is 13.6. The standard InChI is InChI=1S/C42H37N9O6/c43-20-23-45-37(53)28-9-7-26(8-10-28)33-17-22-46-42(48-33)47-30-11-13-31(14-12-30)50-24-18-29(19-25-50)38(54)44-21-2-1-4-27-5-3-6-32-36(27)41(57)51(40(32)56)34-15-16-35(52)49-39(34)55/h3,5-14,17,22,29,34H,2,15-16,18-19,21,23-25H2,(H,44,54)(H,45,53)(H,46,47,48)(H,49,52,55). The second-order valence-electron chi connectivity index (χ2n) is 13.6. The number of hydrogen-bond acceptors (Lipinski definition) is 11. The van der Waals surface area contributed by atoms with Crippen LogP contribution in [0, 0.1) is 29.1 Å². The lowest BCUT2D eigenvalue weighted by molar-refractivity contribution is -0.136. The van der Waals surface area contributed by atoms with Crippen molar-refractivity contribution >= 4 is 52.8 Å². The molecule has 0 bridgehead atoms. The SMILES string of the molecule is N#CCNC(=O)c1ccc(-c2ccnc(Nc3ccc(N4CCC(C(=O)NCCC#Cc5cccc6c5C(=O)N(C5CCC(=O)NC5=O)C6=O)CC4)cc3)n2)cc1. The lowest BCUT2D eigenvalue weighted by atomic mass is 9.95. The van der Waals surface area contributed by atoms with Crippen molar-refractivity contribution in [1.29, 1.82) is 5.26 Å². The Morgan fingerprint density at radius 3 is 2.40 bits per heavy atom. The van der Waals surface area contributed by atoms with E-state index in [1.807, 2.05) is 30.3 Å². The number of fused-ring (bicyclic) bond motifs is 1. The van der Waals surface area contributed by atoms with Gasteiger partial charge in [-0.2, -0.15) is 5.26 Å². The molecule has 7 rings (SSSR count). The third kappa shape index (κ3) is 8.48. The van der Waals surface area contributed by atoms with E-state index in [0.29, 0.717) is 48.6 Å². The zero-order valence-electron chi connectivity index (χ0n) is 30.7. The fraction of sp³-hybridized carbons (Fsp3) is 0.262. The second kappa shape index (κ2) is 17.0. The molecule has 0 radical (unpaired) electrons. The molecule has 57 heavy (non-hydrogen) atoms. The molecule has 4 heterocycles. The average Bonchev–Trinajstić information content (AvgIpc) is 3.49. The van der Waals surface area contributed by atoms with Crippen LogP contribution in [0.2, 0.25) is 0 Å². The number of nitrogens with zero attached hydrogens (tertiary/aromatic N) is 5. The number of hydrogen-bond donors (Lipinski definition) is 4. The third-order valence-electron chi connectivity index (χ3n) is 10.0. The monoisotopic (exact) mass is 763 g/mol. The van der Waals surface area contributed by atoms with E-state index >= 15 is 0 Å². The Morgan fingerprint density at radius 1 is 0.895 bits per heavy atom. The molecule has 1 unspecified atom stereocenters. The Hall–Kier alpha value is -7.39. The van der Waals surface area contributed by atoms with Gasteiger partial charge in [-0.15, -0.1) is 0 Å². The van der Waals surface area contributed by atoms with Gasteiger partial charge >= 0.3 is 0 Å². The maximum atomic E-state index is 13.3. The number of nitriles is 1. The van der Waals surface area contributed by atoms with Gasteiger partial charge in [0.2, 0.25) is 23.7 Å². The topological polar surface area (TPSA) is 207 Å². The van der Waals surface area contributed by atoms with Gasteiger partial charge < -0.3 is 20.9 Å². The first-order chi connectivity index (χ1) is 27.7. The summed E-state index contributed by atoms with van der Waals surface area (Å²) in [4.78, 5) is 87.5. The van der Waals surface area contributed by atoms with Crippen LogP contribution in [0.1, 0.15) is 68.7 Å². The quantitative estimate of drug-likeness (QED) is 0.0798. The number of rotatable bonds is 10. The molecule has 0 aliphatic carbocycles. The van der Waals surface area contributed by atoms with Crippen molar-refractivity contribution in [2.24, 2.45) is 5.92 Å². The summed E-state index contributed by atoms with van der Waals surface area (Å²) in [5.74, 6) is 3.59. The molecule has 1 aromatic heterocycles. The fourth-order valence-corrected chi connectivity index (χ4v) is 7.05. The van der Waals surface area contributed by atoms with Crippen LogP contribution in [0.15, 0.2) is 79.0 Å². The Balaban J connectivity index is 0.862. The number of carbonyl (C=O) groups is 6. The summed E-state index contributed by atoms with van der Waals surface area (Å²) < 4.78 is 0. The van der Waals surface area contributed by atoms with Crippen molar-refractivity contribution in [2.75, 3.05) is 36.4 Å². The van der Waals surface area contributed by atoms with Crippen LogP contribution >= 0.6 is 0 Å². The van der Waals surface area contributed by atoms with Crippen LogP contribution in [-0.2, 0) is 14.4 Å². The minimum absolute atomic E-state index is 0.0310. The van der Waals surface area contributed by atoms with Crippen LogP contribution in [0.3, 0.4) is 0 Å². The maximum absolute atomic E-state index is 13.3. The summed E-state index contributed by atoms with van der Waals surface area (Å²) in [7, 11) is 0. The molecule has 0 saturated carbocycles. The van der Waals surface area contributed by atoms with Crippen molar-refractivity contribution < 1.29 is 28.8 Å². The van der Waals surface area contributed by atoms with Gasteiger partial charge in [0.05, 0.1) is 22.9 Å². The molecule has 3 aromatic carbocycles. The first-order valence-electron chi connectivity index (χ1n) is 18.5. The molecule has 286 valence electrons. The van der Waals surface area contributed by atoms with Crippen LogP contribution in [-0.4, -0.2) is 82.5 Å². The fourth-order valence-electron chi connectivity index (χ4n) is 7.05. The molecular formula is C42H37N9O6. The molecule has 15 nitrogen and oxygen atoms in total. The van der Waals surface area contributed by atoms with E-state index < -0.39 is 29.7 Å². The molecular weight excluding hydrogens is 727 g/mol. The summed E-state index contributed by atoms with van der Waals surface area (Å²) in [6.07, 6.45) is 3.49. The van der Waals surface area contributed by atoms with Crippen LogP contribution in [0.5, 0.6) is 0 Å². The molecule has 15 heteroatoms. The van der Waals surface area contributed by atoms with Gasteiger partial charge in [-0.3, -0.25) is 39.0 Å². The minimum atomic E-state index is -1.05. The highest BCUT2D eigenvalue weighted by molar-refractivity contribution is 6.24. The number of imide groups is 2. The number of benzene rings is 3. The zero-order chi connectivity index (χ0) is 39.9. The lowest BCUT2D eigenvalue weighted by Crippen LogP contribution is -2.54. The first-order valence-corrected chi connectivity index (χ1v) is 18.5. The molecule has 3 aliphatic heterocycles. The number of piperidine rings is 2. The molecule has 4 N–H and O–H groups in total. The molecule has 2 saturated heterocycles. The molecule has 6 amide bonds. The first kappa shape index (κ1) is 37.9. The largest absolute Gasteiger partial charge is 0.371 e. The van der Waals surface area contributed by atoms with Crippen LogP contribution in [0.25, 0.3) is 11.3 Å². The summed E-state index contributed by atoms with van der Waals surface area (Å²) in [5.41, 5.74) is 4.47. The minimum Gasteiger partial charge on any atom is -0.371 e. The van der Waals surface area contributed by atoms with E-state index in [0.717, 1.165) is 34.9 Å². The molecule has 1 atom stereocenters. The highest BCUT2D eigenvalue weighted by Gasteiger charge is 2.45. The highest BCUT2D eigenvalue weighted by atomic mass is 16.2. The summed E-state index contributed by atoms with van der Waals surface area (Å²) in [6, 6.07) is 22.3. The van der Waals surface area contributed by atoms with Crippen molar-refractivity contribution in [3.63, 3.8) is 0 Å². The number of nitrogens with one attached hydrogen (secondary N) is 4. The van der Waals surface area contributed by atoms with E-state index in [4.69, 9.17) is 5.26 Å². The smallest absolute Gasteiger partial charge is 0.263 e. The summed E-state index contributed by atoms with van der Waals surface area (Å²) >= 11 is 0. The molecule has 2 fully saturated rings. The predicted molar refractivity (Wildman–Crippen MR) is 208 cm³/mol. The predicted octanol–water partition coefficient (Wildman–Crippen LogP) is 3.32. The average molecular weight is 764 g/mol. The number of anilines is 3. The number of amides is 6. The van der Waals surface area contributed by atoms with Gasteiger partial charge in [-0.25, -0.2) is 9.97 Å². The van der Waals surface area contributed by atoms with Gasteiger partial charge in [-0.1, -0.05) is 30.0 Å². The van der Waals surface area contributed by atoms with Gasteiger partial charge in [0.25, 0.3) is 17.7 Å². The Morgan fingerprint density at radius 2 is 1.67 bits per heavy atom. The van der Waals surface area contributed by atoms with Crippen molar-refractivity contribution in [1.82, 2.24) is 30.8 Å². The van der Waals surface area contributed by atoms with E-state index in [1.165, 1.54) is 6.07 Å². The van der Waals surface area contributed by atoms with E-state index in [2.05, 4.69) is 48.0 Å². The Bertz CT molecular complexity index is 2350. The Kier molecular flexibility index (Phi) is 11.3. The summed E-state index contributed by atoms with van der Waals surface area (Å²) in [6.45, 7) is 1.70. The van der Waals surface area contributed by atoms with Gasteiger partial charge in [0.15, 0.2) is 0 Å². The van der Waals surface area contributed by atoms with Crippen LogP contribution in [0.4, 0.5) is 17.3 Å².